The Bertz CT molecular complexity index is 1020. The van der Waals surface area contributed by atoms with Crippen LogP contribution in [0.15, 0.2) is 54.6 Å². The number of nitrogens with zero attached hydrogens (tertiary/aromatic N) is 1. The maximum Gasteiger partial charge on any atom is 0.416 e. The Labute approximate surface area is 184 Å². The molecular formula is C22H25F3N2O4S. The van der Waals surface area contributed by atoms with Crippen LogP contribution in [-0.4, -0.2) is 31.3 Å². The predicted molar refractivity (Wildman–Crippen MR) is 114 cm³/mol. The van der Waals surface area contributed by atoms with Crippen LogP contribution in [0.2, 0.25) is 0 Å². The summed E-state index contributed by atoms with van der Waals surface area (Å²) in [6, 6.07) is 11.2. The number of primary amides is 1. The molecule has 1 fully saturated rings. The van der Waals surface area contributed by atoms with Gasteiger partial charge >= 0.3 is 6.18 Å². The highest BCUT2D eigenvalue weighted by molar-refractivity contribution is 7.93. The van der Waals surface area contributed by atoms with E-state index < -0.39 is 51.5 Å². The molecule has 0 aliphatic heterocycles. The number of carbonyl (C=O) groups is 1. The monoisotopic (exact) mass is 470 g/mol. The number of aliphatic hydroxyl groups is 1. The molecule has 10 heteroatoms. The van der Waals surface area contributed by atoms with E-state index >= 15 is 0 Å². The average molecular weight is 471 g/mol. The van der Waals surface area contributed by atoms with Crippen LogP contribution in [0.25, 0.3) is 0 Å². The van der Waals surface area contributed by atoms with Crippen LogP contribution in [0.4, 0.5) is 18.9 Å². The quantitative estimate of drug-likeness (QED) is 0.646. The molecule has 174 valence electrons. The third-order valence-corrected chi connectivity index (χ3v) is 8.19. The first-order valence-corrected chi connectivity index (χ1v) is 11.7. The van der Waals surface area contributed by atoms with Gasteiger partial charge in [-0.2, -0.15) is 13.2 Å². The second-order valence-electron chi connectivity index (χ2n) is 7.87. The van der Waals surface area contributed by atoms with E-state index in [1.807, 2.05) is 0 Å². The first kappa shape index (κ1) is 24.1. The highest BCUT2D eigenvalue weighted by Gasteiger charge is 2.40. The van der Waals surface area contributed by atoms with Gasteiger partial charge in [-0.15, -0.1) is 0 Å². The fourth-order valence-electron chi connectivity index (χ4n) is 4.10. The molecule has 3 rings (SSSR count). The zero-order chi connectivity index (χ0) is 23.5. The highest BCUT2D eigenvalue weighted by Crippen LogP contribution is 2.38. The van der Waals surface area contributed by atoms with Gasteiger partial charge in [-0.05, 0) is 55.5 Å². The van der Waals surface area contributed by atoms with E-state index in [9.17, 15) is 31.5 Å². The Kier molecular flexibility index (Phi) is 7.14. The molecule has 3 N–H and O–H groups in total. The molecule has 1 atom stereocenters. The largest absolute Gasteiger partial charge is 0.416 e. The zero-order valence-electron chi connectivity index (χ0n) is 17.2. The molecule has 0 heterocycles. The van der Waals surface area contributed by atoms with Crippen molar-refractivity contribution in [3.63, 3.8) is 0 Å². The molecule has 2 aromatic rings. The van der Waals surface area contributed by atoms with Crippen LogP contribution < -0.4 is 10.0 Å². The topological polar surface area (TPSA) is 101 Å². The number of benzene rings is 2. The van der Waals surface area contributed by atoms with E-state index in [1.54, 1.807) is 30.3 Å². The second-order valence-corrected chi connectivity index (χ2v) is 9.96. The van der Waals surface area contributed by atoms with Crippen LogP contribution in [0.3, 0.4) is 0 Å². The Morgan fingerprint density at radius 1 is 1.03 bits per heavy atom. The maximum absolute atomic E-state index is 13.7. The summed E-state index contributed by atoms with van der Waals surface area (Å²) in [6.07, 6.45) is -3.55. The lowest BCUT2D eigenvalue weighted by Gasteiger charge is -2.37. The molecule has 0 radical (unpaired) electrons. The summed E-state index contributed by atoms with van der Waals surface area (Å²) < 4.78 is 67.5. The van der Waals surface area contributed by atoms with Crippen molar-refractivity contribution in [2.24, 2.45) is 11.7 Å². The van der Waals surface area contributed by atoms with Gasteiger partial charge in [0.05, 0.1) is 29.1 Å². The number of hydrogen-bond donors (Lipinski definition) is 2. The van der Waals surface area contributed by atoms with Crippen LogP contribution in [0, 0.1) is 5.92 Å². The molecule has 1 amide bonds. The second kappa shape index (κ2) is 9.50. The molecule has 2 aromatic carbocycles. The summed E-state index contributed by atoms with van der Waals surface area (Å²) in [5.74, 6) is -0.873. The summed E-state index contributed by atoms with van der Waals surface area (Å²) in [4.78, 5) is 11.5. The lowest BCUT2D eigenvalue weighted by molar-refractivity contribution is -0.137. The average Bonchev–Trinajstić information content (AvgIpc) is 2.77. The van der Waals surface area contributed by atoms with Crippen molar-refractivity contribution in [3.8, 4) is 0 Å². The number of amides is 1. The Morgan fingerprint density at radius 3 is 2.06 bits per heavy atom. The van der Waals surface area contributed by atoms with Crippen molar-refractivity contribution in [2.75, 3.05) is 10.9 Å². The van der Waals surface area contributed by atoms with E-state index in [1.165, 1.54) is 0 Å². The summed E-state index contributed by atoms with van der Waals surface area (Å²) in [7, 11) is -4.09. The number of rotatable bonds is 7. The van der Waals surface area contributed by atoms with Crippen molar-refractivity contribution < 1.29 is 31.5 Å². The number of alkyl halides is 3. The summed E-state index contributed by atoms with van der Waals surface area (Å²) in [5, 5.41) is 9.28. The van der Waals surface area contributed by atoms with Crippen molar-refractivity contribution in [1.29, 1.82) is 0 Å². The molecule has 0 spiro atoms. The molecule has 0 aromatic heterocycles. The smallest absolute Gasteiger partial charge is 0.394 e. The molecule has 1 aliphatic rings. The highest BCUT2D eigenvalue weighted by atomic mass is 32.2. The molecule has 0 saturated heterocycles. The minimum Gasteiger partial charge on any atom is -0.394 e. The van der Waals surface area contributed by atoms with Crippen molar-refractivity contribution in [1.82, 2.24) is 0 Å². The molecule has 1 saturated carbocycles. The van der Waals surface area contributed by atoms with E-state index in [4.69, 9.17) is 5.73 Å². The molecule has 0 bridgehead atoms. The Morgan fingerprint density at radius 2 is 1.59 bits per heavy atom. The van der Waals surface area contributed by atoms with E-state index in [0.29, 0.717) is 18.4 Å². The van der Waals surface area contributed by atoms with Crippen LogP contribution in [-0.2, 0) is 21.0 Å². The summed E-state index contributed by atoms with van der Waals surface area (Å²) >= 11 is 0. The van der Waals surface area contributed by atoms with Gasteiger partial charge in [0.15, 0.2) is 0 Å². The molecule has 0 unspecified atom stereocenters. The number of sulfonamides is 1. The van der Waals surface area contributed by atoms with Crippen molar-refractivity contribution >= 4 is 21.6 Å². The molecule has 32 heavy (non-hydrogen) atoms. The molecule has 6 nitrogen and oxygen atoms in total. The van der Waals surface area contributed by atoms with E-state index in [2.05, 4.69) is 0 Å². The van der Waals surface area contributed by atoms with E-state index in [0.717, 1.165) is 28.6 Å². The number of hydrogen-bond acceptors (Lipinski definition) is 4. The lowest BCUT2D eigenvalue weighted by atomic mass is 9.88. The van der Waals surface area contributed by atoms with Crippen LogP contribution in [0.5, 0.6) is 0 Å². The number of carbonyl (C=O) groups excluding carboxylic acids is 1. The van der Waals surface area contributed by atoms with Crippen LogP contribution >= 0.6 is 0 Å². The number of anilines is 1. The van der Waals surface area contributed by atoms with E-state index in [-0.39, 0.29) is 18.5 Å². The normalized spacial score (nSPS) is 20.5. The third-order valence-electron chi connectivity index (χ3n) is 5.86. The maximum atomic E-state index is 13.7. The van der Waals surface area contributed by atoms with Gasteiger partial charge in [-0.1, -0.05) is 30.3 Å². The number of aliphatic hydroxyl groups excluding tert-OH is 1. The summed E-state index contributed by atoms with van der Waals surface area (Å²) in [6.45, 7) is -0.569. The molecular weight excluding hydrogens is 445 g/mol. The van der Waals surface area contributed by atoms with Gasteiger partial charge in [0, 0.05) is 5.92 Å². The minimum absolute atomic E-state index is 0.0259. The predicted octanol–water partition coefficient (Wildman–Crippen LogP) is 3.62. The SMILES string of the molecule is NC(=O)C1CCC(S(=O)(=O)N(c2ccc(C(F)(F)F)cc2)[C@H](CO)c2ccccc2)CC1. The fourth-order valence-corrected chi connectivity index (χ4v) is 6.25. The Balaban J connectivity index is 2.03. The van der Waals surface area contributed by atoms with Gasteiger partial charge in [0.25, 0.3) is 0 Å². The standard InChI is InChI=1S/C22H25F3N2O4S/c23-22(24,25)17-8-10-18(11-9-17)27(20(14-28)15-4-2-1-3-5-15)32(30,31)19-12-6-16(7-13-19)21(26)29/h1-5,8-11,16,19-20,28H,6-7,12-14H2,(H2,26,29)/t16?,19?,20-/m1/s1. The van der Waals surface area contributed by atoms with Crippen molar-refractivity contribution in [2.45, 2.75) is 43.2 Å². The van der Waals surface area contributed by atoms with Gasteiger partial charge in [-0.25, -0.2) is 8.42 Å². The van der Waals surface area contributed by atoms with Gasteiger partial charge in [0.2, 0.25) is 15.9 Å². The fraction of sp³-hybridized carbons (Fsp3) is 0.409. The minimum atomic E-state index is -4.56. The van der Waals surface area contributed by atoms with Crippen molar-refractivity contribution in [3.05, 3.63) is 65.7 Å². The van der Waals surface area contributed by atoms with Gasteiger partial charge in [0.1, 0.15) is 0 Å². The van der Waals surface area contributed by atoms with Gasteiger partial charge < -0.3 is 10.8 Å². The number of nitrogens with two attached hydrogens (primary N) is 1. The third kappa shape index (κ3) is 5.07. The first-order chi connectivity index (χ1) is 15.1. The summed E-state index contributed by atoms with van der Waals surface area (Å²) in [5.41, 5.74) is 4.97. The lowest BCUT2D eigenvalue weighted by Crippen LogP contribution is -2.44. The number of halogens is 3. The molecule has 1 aliphatic carbocycles. The first-order valence-electron chi connectivity index (χ1n) is 10.2. The zero-order valence-corrected chi connectivity index (χ0v) is 18.0. The Hall–Kier alpha value is -2.59. The van der Waals surface area contributed by atoms with Gasteiger partial charge in [-0.3, -0.25) is 9.10 Å². The van der Waals surface area contributed by atoms with Crippen LogP contribution in [0.1, 0.15) is 42.9 Å².